The highest BCUT2D eigenvalue weighted by atomic mass is 16.5. The van der Waals surface area contributed by atoms with Gasteiger partial charge in [0.15, 0.2) is 0 Å². The number of allylic oxidation sites excluding steroid dienone is 3. The third-order valence-corrected chi connectivity index (χ3v) is 2.89. The molecular formula is C15H22N2O2. The fraction of sp³-hybridized carbons (Fsp3) is 0.467. The van der Waals surface area contributed by atoms with Gasteiger partial charge in [-0.3, -0.25) is 0 Å². The van der Waals surface area contributed by atoms with E-state index in [4.69, 9.17) is 4.74 Å². The lowest BCUT2D eigenvalue weighted by Gasteiger charge is -2.25. The summed E-state index contributed by atoms with van der Waals surface area (Å²) in [5.41, 5.74) is 0.0473. The summed E-state index contributed by atoms with van der Waals surface area (Å²) in [6.45, 7) is 6.56. The zero-order valence-electron chi connectivity index (χ0n) is 11.9. The largest absolute Gasteiger partial charge is 0.463 e. The summed E-state index contributed by atoms with van der Waals surface area (Å²) < 4.78 is 6.89. The summed E-state index contributed by atoms with van der Waals surface area (Å²) in [7, 11) is 0. The maximum atomic E-state index is 11.0. The molecule has 1 aromatic heterocycles. The molecule has 0 unspecified atom stereocenters. The van der Waals surface area contributed by atoms with Crippen molar-refractivity contribution < 1.29 is 9.53 Å². The van der Waals surface area contributed by atoms with E-state index in [0.29, 0.717) is 6.61 Å². The Hall–Kier alpha value is -1.84. The predicted octanol–water partition coefficient (Wildman–Crippen LogP) is 3.07. The molecule has 104 valence electrons. The maximum absolute atomic E-state index is 11.0. The maximum Gasteiger partial charge on any atom is 0.330 e. The Kier molecular flexibility index (Phi) is 6.06. The van der Waals surface area contributed by atoms with Crippen LogP contribution in [0.4, 0.5) is 0 Å². The Morgan fingerprint density at radius 2 is 2.21 bits per heavy atom. The van der Waals surface area contributed by atoms with E-state index in [-0.39, 0.29) is 11.5 Å². The first-order valence-electron chi connectivity index (χ1n) is 6.54. The van der Waals surface area contributed by atoms with Crippen LogP contribution in [-0.4, -0.2) is 22.1 Å². The van der Waals surface area contributed by atoms with Crippen molar-refractivity contribution in [2.24, 2.45) is 0 Å². The molecule has 0 saturated carbocycles. The number of esters is 1. The molecule has 0 saturated heterocycles. The van der Waals surface area contributed by atoms with E-state index in [1.807, 2.05) is 18.6 Å². The lowest BCUT2D eigenvalue weighted by Crippen LogP contribution is -2.24. The van der Waals surface area contributed by atoms with Crippen LogP contribution >= 0.6 is 0 Å². The Morgan fingerprint density at radius 1 is 1.42 bits per heavy atom. The summed E-state index contributed by atoms with van der Waals surface area (Å²) in [5.74, 6) is -0.300. The van der Waals surface area contributed by atoms with Gasteiger partial charge in [-0.05, 0) is 33.6 Å². The van der Waals surface area contributed by atoms with Crippen LogP contribution in [-0.2, 0) is 15.1 Å². The lowest BCUT2D eigenvalue weighted by molar-refractivity contribution is -0.137. The number of rotatable bonds is 7. The zero-order chi connectivity index (χ0) is 14.1. The lowest BCUT2D eigenvalue weighted by atomic mass is 9.98. The van der Waals surface area contributed by atoms with Crippen LogP contribution in [0, 0.1) is 0 Å². The molecule has 0 atom stereocenters. The van der Waals surface area contributed by atoms with Crippen molar-refractivity contribution in [1.29, 1.82) is 0 Å². The fourth-order valence-electron chi connectivity index (χ4n) is 1.68. The van der Waals surface area contributed by atoms with Gasteiger partial charge in [-0.15, -0.1) is 0 Å². The highest BCUT2D eigenvalue weighted by Crippen LogP contribution is 2.21. The molecule has 0 bridgehead atoms. The SMILES string of the molecule is CCOC(=O)C=CC=CCCC(C)(C)n1ccnc1. The van der Waals surface area contributed by atoms with Crippen molar-refractivity contribution in [1.82, 2.24) is 9.55 Å². The molecule has 0 aliphatic heterocycles. The van der Waals surface area contributed by atoms with Gasteiger partial charge in [0, 0.05) is 24.0 Å². The van der Waals surface area contributed by atoms with Gasteiger partial charge in [-0.25, -0.2) is 9.78 Å². The van der Waals surface area contributed by atoms with Crippen LogP contribution in [0.25, 0.3) is 0 Å². The Labute approximate surface area is 114 Å². The Balaban J connectivity index is 2.32. The Morgan fingerprint density at radius 3 is 2.84 bits per heavy atom. The number of nitrogens with zero attached hydrogens (tertiary/aromatic N) is 2. The van der Waals surface area contributed by atoms with Crippen molar-refractivity contribution >= 4 is 5.97 Å². The molecule has 0 spiro atoms. The van der Waals surface area contributed by atoms with Crippen LogP contribution in [0.5, 0.6) is 0 Å². The molecular weight excluding hydrogens is 240 g/mol. The van der Waals surface area contributed by atoms with E-state index in [1.165, 1.54) is 6.08 Å². The first kappa shape index (κ1) is 15.2. The normalized spacial score (nSPS) is 12.4. The van der Waals surface area contributed by atoms with Gasteiger partial charge in [0.2, 0.25) is 0 Å². The molecule has 1 aromatic rings. The highest BCUT2D eigenvalue weighted by molar-refractivity contribution is 5.82. The van der Waals surface area contributed by atoms with Crippen molar-refractivity contribution in [3.63, 3.8) is 0 Å². The number of imidazole rings is 1. The van der Waals surface area contributed by atoms with Gasteiger partial charge >= 0.3 is 5.97 Å². The van der Waals surface area contributed by atoms with Gasteiger partial charge in [-0.2, -0.15) is 0 Å². The minimum Gasteiger partial charge on any atom is -0.463 e. The molecule has 1 rings (SSSR count). The second-order valence-electron chi connectivity index (χ2n) is 4.86. The van der Waals surface area contributed by atoms with Crippen molar-refractivity contribution in [2.75, 3.05) is 6.61 Å². The second kappa shape index (κ2) is 7.56. The van der Waals surface area contributed by atoms with Crippen molar-refractivity contribution in [2.45, 2.75) is 39.2 Å². The summed E-state index contributed by atoms with van der Waals surface area (Å²) in [4.78, 5) is 15.1. The van der Waals surface area contributed by atoms with Crippen molar-refractivity contribution in [3.8, 4) is 0 Å². The van der Waals surface area contributed by atoms with Crippen LogP contribution < -0.4 is 0 Å². The summed E-state index contributed by atoms with van der Waals surface area (Å²) >= 11 is 0. The standard InChI is InChI=1S/C15H22N2O2/c1-4-19-14(18)9-7-5-6-8-10-15(2,3)17-12-11-16-13-17/h5-7,9,11-13H,4,8,10H2,1-3H3. The van der Waals surface area contributed by atoms with Gasteiger partial charge in [-0.1, -0.05) is 18.2 Å². The molecule has 0 radical (unpaired) electrons. The van der Waals surface area contributed by atoms with E-state index in [9.17, 15) is 4.79 Å². The summed E-state index contributed by atoms with van der Waals surface area (Å²) in [5, 5.41) is 0. The molecule has 0 aliphatic carbocycles. The minimum atomic E-state index is -0.300. The number of ether oxygens (including phenoxy) is 1. The van der Waals surface area contributed by atoms with Gasteiger partial charge < -0.3 is 9.30 Å². The van der Waals surface area contributed by atoms with Crippen LogP contribution in [0.2, 0.25) is 0 Å². The molecule has 1 heterocycles. The molecule has 0 fully saturated rings. The molecule has 0 aliphatic rings. The third kappa shape index (κ3) is 5.55. The number of aromatic nitrogens is 2. The second-order valence-corrected chi connectivity index (χ2v) is 4.86. The molecule has 19 heavy (non-hydrogen) atoms. The van der Waals surface area contributed by atoms with Crippen LogP contribution in [0.1, 0.15) is 33.6 Å². The average molecular weight is 262 g/mol. The molecule has 0 N–H and O–H groups in total. The van der Waals surface area contributed by atoms with Gasteiger partial charge in [0.05, 0.1) is 12.9 Å². The quantitative estimate of drug-likeness (QED) is 0.431. The summed E-state index contributed by atoms with van der Waals surface area (Å²) in [6.07, 6.45) is 14.6. The number of carbonyl (C=O) groups excluding carboxylic acids is 1. The molecule has 0 amide bonds. The van der Waals surface area contributed by atoms with Crippen LogP contribution in [0.3, 0.4) is 0 Å². The van der Waals surface area contributed by atoms with Gasteiger partial charge in [0.1, 0.15) is 0 Å². The van der Waals surface area contributed by atoms with E-state index in [0.717, 1.165) is 12.8 Å². The first-order valence-corrected chi connectivity index (χ1v) is 6.54. The summed E-state index contributed by atoms with van der Waals surface area (Å²) in [6, 6.07) is 0. The van der Waals surface area contributed by atoms with E-state index < -0.39 is 0 Å². The van der Waals surface area contributed by atoms with E-state index in [1.54, 1.807) is 19.2 Å². The average Bonchev–Trinajstić information content (AvgIpc) is 2.88. The molecule has 0 aromatic carbocycles. The smallest absolute Gasteiger partial charge is 0.330 e. The topological polar surface area (TPSA) is 44.1 Å². The predicted molar refractivity (Wildman–Crippen MR) is 75.7 cm³/mol. The number of carbonyl (C=O) groups is 1. The van der Waals surface area contributed by atoms with Gasteiger partial charge in [0.25, 0.3) is 0 Å². The number of hydrogen-bond acceptors (Lipinski definition) is 3. The molecule has 4 heteroatoms. The van der Waals surface area contributed by atoms with Crippen LogP contribution in [0.15, 0.2) is 43.0 Å². The van der Waals surface area contributed by atoms with Crippen molar-refractivity contribution in [3.05, 3.63) is 43.0 Å². The van der Waals surface area contributed by atoms with E-state index >= 15 is 0 Å². The first-order chi connectivity index (χ1) is 9.06. The van der Waals surface area contributed by atoms with E-state index in [2.05, 4.69) is 29.5 Å². The fourth-order valence-corrected chi connectivity index (χ4v) is 1.68. The number of hydrogen-bond donors (Lipinski definition) is 0. The third-order valence-electron chi connectivity index (χ3n) is 2.89. The highest BCUT2D eigenvalue weighted by Gasteiger charge is 2.17. The minimum absolute atomic E-state index is 0.0473. The Bertz CT molecular complexity index is 431. The molecule has 4 nitrogen and oxygen atoms in total. The zero-order valence-corrected chi connectivity index (χ0v) is 11.9. The monoisotopic (exact) mass is 262 g/mol.